The summed E-state index contributed by atoms with van der Waals surface area (Å²) in [6.07, 6.45) is 3.11. The summed E-state index contributed by atoms with van der Waals surface area (Å²) in [6.45, 7) is 12.0. The monoisotopic (exact) mass is 432 g/mol. The van der Waals surface area contributed by atoms with E-state index in [9.17, 15) is 8.42 Å². The molecule has 3 aromatic rings. The molecule has 0 aliphatic carbocycles. The van der Waals surface area contributed by atoms with Gasteiger partial charge in [-0.15, -0.1) is 15.3 Å². The number of aromatic nitrogens is 6. The van der Waals surface area contributed by atoms with Gasteiger partial charge >= 0.3 is 0 Å². The van der Waals surface area contributed by atoms with Gasteiger partial charge in [0.05, 0.1) is 6.33 Å². The van der Waals surface area contributed by atoms with Gasteiger partial charge in [-0.2, -0.15) is 4.52 Å². The molecule has 1 fully saturated rings. The maximum atomic E-state index is 12.5. The van der Waals surface area contributed by atoms with Gasteiger partial charge in [-0.25, -0.2) is 18.1 Å². The van der Waals surface area contributed by atoms with Crippen LogP contribution in [0.1, 0.15) is 46.5 Å². The van der Waals surface area contributed by atoms with Crippen molar-refractivity contribution in [3.8, 4) is 0 Å². The lowest BCUT2D eigenvalue weighted by molar-refractivity contribution is 0.401. The molecular weight excluding hydrogens is 404 g/mol. The molecule has 11 heteroatoms. The van der Waals surface area contributed by atoms with Gasteiger partial charge in [0.1, 0.15) is 5.82 Å². The molecule has 0 amide bonds. The van der Waals surface area contributed by atoms with Crippen molar-refractivity contribution in [1.29, 1.82) is 0 Å². The molecule has 3 aromatic heterocycles. The van der Waals surface area contributed by atoms with E-state index in [4.69, 9.17) is 5.10 Å². The predicted octanol–water partition coefficient (Wildman–Crippen LogP) is 1.61. The second-order valence-electron chi connectivity index (χ2n) is 9.11. The Labute approximate surface area is 176 Å². The summed E-state index contributed by atoms with van der Waals surface area (Å²) < 4.78 is 31.2. The number of sulfonamides is 1. The molecule has 1 aliphatic heterocycles. The lowest BCUT2D eigenvalue weighted by atomic mass is 9.96. The third kappa shape index (κ3) is 3.91. The zero-order valence-electron chi connectivity index (χ0n) is 17.9. The Morgan fingerprint density at radius 2 is 1.93 bits per heavy atom. The minimum atomic E-state index is -3.61. The quantitative estimate of drug-likeness (QED) is 0.630. The van der Waals surface area contributed by atoms with E-state index in [1.807, 2.05) is 26.0 Å². The molecule has 4 heterocycles. The Morgan fingerprint density at radius 1 is 1.20 bits per heavy atom. The summed E-state index contributed by atoms with van der Waals surface area (Å²) in [6, 6.07) is 4.00. The zero-order valence-corrected chi connectivity index (χ0v) is 18.8. The Kier molecular flexibility index (Phi) is 5.05. The zero-order chi connectivity index (χ0) is 21.7. The lowest BCUT2D eigenvalue weighted by Crippen LogP contribution is -2.52. The molecule has 1 aliphatic rings. The van der Waals surface area contributed by atoms with Crippen molar-refractivity contribution in [2.75, 3.05) is 24.5 Å². The number of anilines is 1. The molecule has 0 spiro atoms. The minimum absolute atomic E-state index is 0.0572. The molecule has 1 N–H and O–H groups in total. The van der Waals surface area contributed by atoms with Crippen LogP contribution in [-0.2, 0) is 15.4 Å². The molecule has 4 rings (SSSR count). The smallest absolute Gasteiger partial charge is 0.259 e. The molecule has 0 unspecified atom stereocenters. The highest BCUT2D eigenvalue weighted by atomic mass is 32.2. The Balaban J connectivity index is 1.38. The van der Waals surface area contributed by atoms with Crippen molar-refractivity contribution in [2.45, 2.75) is 51.1 Å². The average molecular weight is 433 g/mol. The molecule has 0 saturated carbocycles. The largest absolute Gasteiger partial charge is 0.354 e. The predicted molar refractivity (Wildman–Crippen MR) is 113 cm³/mol. The van der Waals surface area contributed by atoms with Crippen molar-refractivity contribution in [1.82, 2.24) is 34.1 Å². The molecular formula is C19H28N8O2S. The van der Waals surface area contributed by atoms with E-state index in [0.717, 1.165) is 24.7 Å². The number of hydrogen-bond donors (Lipinski definition) is 1. The van der Waals surface area contributed by atoms with E-state index in [2.05, 4.69) is 45.6 Å². The number of fused-ring (bicyclic) bond motifs is 1. The van der Waals surface area contributed by atoms with E-state index < -0.39 is 10.0 Å². The standard InChI is InChI=1S/C19H28N8O2S/c1-13(2)26-11-17(20-12-26)30(28,29)21-8-14-9-25(10-14)16-7-6-15-22-23-18(19(3,4)5)27(15)24-16/h6-7,11-14,21H,8-10H2,1-5H3. The average Bonchev–Trinajstić information content (AvgIpc) is 3.27. The second kappa shape index (κ2) is 7.31. The molecule has 0 atom stereocenters. The Bertz CT molecular complexity index is 1150. The van der Waals surface area contributed by atoms with Gasteiger partial charge in [0.2, 0.25) is 0 Å². The van der Waals surface area contributed by atoms with Crippen LogP contribution >= 0.6 is 0 Å². The van der Waals surface area contributed by atoms with Gasteiger partial charge in [-0.1, -0.05) is 20.8 Å². The van der Waals surface area contributed by atoms with Crippen LogP contribution in [0.15, 0.2) is 29.7 Å². The second-order valence-corrected chi connectivity index (χ2v) is 10.8. The van der Waals surface area contributed by atoms with Gasteiger partial charge in [-0.3, -0.25) is 0 Å². The third-order valence-electron chi connectivity index (χ3n) is 5.21. The first kappa shape index (κ1) is 20.7. The summed E-state index contributed by atoms with van der Waals surface area (Å²) in [4.78, 5) is 6.15. The van der Waals surface area contributed by atoms with Crippen LogP contribution in [0.2, 0.25) is 0 Å². The highest BCUT2D eigenvalue weighted by Gasteiger charge is 2.31. The number of rotatable bonds is 6. The van der Waals surface area contributed by atoms with Crippen molar-refractivity contribution in [3.05, 3.63) is 30.5 Å². The number of nitrogens with zero attached hydrogens (tertiary/aromatic N) is 7. The van der Waals surface area contributed by atoms with Crippen molar-refractivity contribution in [2.24, 2.45) is 5.92 Å². The van der Waals surface area contributed by atoms with Crippen LogP contribution < -0.4 is 9.62 Å². The van der Waals surface area contributed by atoms with Crippen LogP contribution in [0.25, 0.3) is 5.65 Å². The normalized spacial score (nSPS) is 15.9. The maximum absolute atomic E-state index is 12.5. The van der Waals surface area contributed by atoms with Gasteiger partial charge < -0.3 is 9.47 Å². The maximum Gasteiger partial charge on any atom is 0.259 e. The highest BCUT2D eigenvalue weighted by molar-refractivity contribution is 7.89. The van der Waals surface area contributed by atoms with Crippen molar-refractivity contribution >= 4 is 21.5 Å². The summed E-state index contributed by atoms with van der Waals surface area (Å²) >= 11 is 0. The third-order valence-corrected chi connectivity index (χ3v) is 6.52. The molecule has 30 heavy (non-hydrogen) atoms. The first-order chi connectivity index (χ1) is 14.0. The minimum Gasteiger partial charge on any atom is -0.354 e. The van der Waals surface area contributed by atoms with Crippen LogP contribution in [0.5, 0.6) is 0 Å². The fraction of sp³-hybridized carbons (Fsp3) is 0.579. The first-order valence-corrected chi connectivity index (χ1v) is 11.5. The van der Waals surface area contributed by atoms with Crippen molar-refractivity contribution in [3.63, 3.8) is 0 Å². The van der Waals surface area contributed by atoms with Crippen LogP contribution in [-0.4, -0.2) is 57.4 Å². The van der Waals surface area contributed by atoms with Crippen LogP contribution in [0, 0.1) is 5.92 Å². The van der Waals surface area contributed by atoms with E-state index in [1.54, 1.807) is 21.6 Å². The fourth-order valence-corrected chi connectivity index (χ4v) is 4.39. The summed E-state index contributed by atoms with van der Waals surface area (Å²) in [5.74, 6) is 1.86. The number of imidazole rings is 1. The molecule has 1 saturated heterocycles. The van der Waals surface area contributed by atoms with Gasteiger partial charge in [-0.05, 0) is 26.0 Å². The molecule has 0 aromatic carbocycles. The molecule has 10 nitrogen and oxygen atoms in total. The first-order valence-electron chi connectivity index (χ1n) is 10.1. The van der Waals surface area contributed by atoms with Crippen LogP contribution in [0.4, 0.5) is 5.82 Å². The Hall–Kier alpha value is -2.53. The van der Waals surface area contributed by atoms with Crippen LogP contribution in [0.3, 0.4) is 0 Å². The number of hydrogen-bond acceptors (Lipinski definition) is 7. The molecule has 0 bridgehead atoms. The van der Waals surface area contributed by atoms with Crippen molar-refractivity contribution < 1.29 is 8.42 Å². The summed E-state index contributed by atoms with van der Waals surface area (Å²) in [7, 11) is -3.61. The highest BCUT2D eigenvalue weighted by Crippen LogP contribution is 2.25. The SMILES string of the molecule is CC(C)n1cnc(S(=O)(=O)NCC2CN(c3ccc4nnc(C(C)(C)C)n4n3)C2)c1. The topological polar surface area (TPSA) is 110 Å². The van der Waals surface area contributed by atoms with E-state index in [0.29, 0.717) is 12.2 Å². The molecule has 162 valence electrons. The summed E-state index contributed by atoms with van der Waals surface area (Å²) in [5, 5.41) is 13.2. The lowest BCUT2D eigenvalue weighted by Gasteiger charge is -2.40. The van der Waals surface area contributed by atoms with E-state index in [1.165, 1.54) is 0 Å². The van der Waals surface area contributed by atoms with E-state index >= 15 is 0 Å². The van der Waals surface area contributed by atoms with E-state index in [-0.39, 0.29) is 22.4 Å². The number of nitrogens with one attached hydrogen (secondary N) is 1. The van der Waals surface area contributed by atoms with Gasteiger partial charge in [0, 0.05) is 43.2 Å². The van der Waals surface area contributed by atoms with Gasteiger partial charge in [0.15, 0.2) is 16.5 Å². The fourth-order valence-electron chi connectivity index (χ4n) is 3.34. The van der Waals surface area contributed by atoms with Gasteiger partial charge in [0.25, 0.3) is 10.0 Å². The Morgan fingerprint density at radius 3 is 2.57 bits per heavy atom. The summed E-state index contributed by atoms with van der Waals surface area (Å²) in [5.41, 5.74) is 0.554. The molecule has 0 radical (unpaired) electrons.